The molecule has 2 aromatic rings. The summed E-state index contributed by atoms with van der Waals surface area (Å²) in [7, 11) is 1.63. The van der Waals surface area contributed by atoms with Gasteiger partial charge >= 0.3 is 0 Å². The molecule has 1 heterocycles. The maximum atomic E-state index is 10.7. The van der Waals surface area contributed by atoms with Crippen molar-refractivity contribution >= 4 is 22.8 Å². The lowest BCUT2D eigenvalue weighted by molar-refractivity contribution is -0.384. The fourth-order valence-electron chi connectivity index (χ4n) is 1.72. The molecule has 21 heavy (non-hydrogen) atoms. The smallest absolute Gasteiger partial charge is 0.295 e. The molecular formula is C13H17N3O5. The van der Waals surface area contributed by atoms with Crippen LogP contribution in [0.15, 0.2) is 22.6 Å². The van der Waals surface area contributed by atoms with Gasteiger partial charge in [0.15, 0.2) is 5.58 Å². The van der Waals surface area contributed by atoms with Gasteiger partial charge in [-0.25, -0.2) is 0 Å². The van der Waals surface area contributed by atoms with Crippen molar-refractivity contribution < 1.29 is 18.8 Å². The van der Waals surface area contributed by atoms with Crippen molar-refractivity contribution in [2.45, 2.75) is 6.42 Å². The van der Waals surface area contributed by atoms with Crippen molar-refractivity contribution in [3.05, 3.63) is 28.3 Å². The molecule has 0 radical (unpaired) electrons. The van der Waals surface area contributed by atoms with Crippen LogP contribution < -0.4 is 5.32 Å². The van der Waals surface area contributed by atoms with Gasteiger partial charge in [-0.15, -0.1) is 0 Å². The van der Waals surface area contributed by atoms with Crippen LogP contribution in [0.1, 0.15) is 6.42 Å². The molecule has 0 saturated carbocycles. The van der Waals surface area contributed by atoms with E-state index < -0.39 is 4.92 Å². The average Bonchev–Trinajstić information content (AvgIpc) is 2.88. The Bertz CT molecular complexity index is 599. The number of aromatic nitrogens is 1. The molecule has 1 aromatic heterocycles. The summed E-state index contributed by atoms with van der Waals surface area (Å²) in [5.41, 5.74) is 0.958. The van der Waals surface area contributed by atoms with Gasteiger partial charge in [-0.2, -0.15) is 4.98 Å². The minimum Gasteiger partial charge on any atom is -0.423 e. The molecule has 0 saturated heterocycles. The standard InChI is InChI=1S/C13H17N3O5/c1-19-7-8-20-6-2-5-14-13-15-11-4-3-10(16(17)18)9-12(11)21-13/h3-4,9H,2,5-8H2,1H3,(H,14,15). The zero-order valence-corrected chi connectivity index (χ0v) is 11.7. The van der Waals surface area contributed by atoms with Crippen LogP contribution in [0.4, 0.5) is 11.7 Å². The third-order valence-corrected chi connectivity index (χ3v) is 2.76. The minimum absolute atomic E-state index is 0.0169. The quantitative estimate of drug-likeness (QED) is 0.430. The molecule has 0 bridgehead atoms. The van der Waals surface area contributed by atoms with Gasteiger partial charge in [0.05, 0.1) is 24.2 Å². The number of nitrogens with zero attached hydrogens (tertiary/aromatic N) is 2. The molecule has 8 nitrogen and oxygen atoms in total. The number of fused-ring (bicyclic) bond motifs is 1. The number of nitrogens with one attached hydrogen (secondary N) is 1. The normalized spacial score (nSPS) is 10.9. The lowest BCUT2D eigenvalue weighted by Crippen LogP contribution is -2.08. The van der Waals surface area contributed by atoms with Crippen LogP contribution in [0.3, 0.4) is 0 Å². The minimum atomic E-state index is -0.466. The van der Waals surface area contributed by atoms with Crippen LogP contribution >= 0.6 is 0 Å². The third kappa shape index (κ3) is 4.40. The number of nitro groups is 1. The van der Waals surface area contributed by atoms with Gasteiger partial charge in [-0.05, 0) is 12.5 Å². The number of anilines is 1. The van der Waals surface area contributed by atoms with E-state index in [1.165, 1.54) is 12.1 Å². The van der Waals surface area contributed by atoms with Gasteiger partial charge in [0.1, 0.15) is 5.52 Å². The number of nitro benzene ring substituents is 1. The predicted octanol–water partition coefficient (Wildman–Crippen LogP) is 2.20. The molecule has 0 amide bonds. The van der Waals surface area contributed by atoms with E-state index in [4.69, 9.17) is 13.9 Å². The van der Waals surface area contributed by atoms with E-state index in [2.05, 4.69) is 10.3 Å². The van der Waals surface area contributed by atoms with Gasteiger partial charge < -0.3 is 19.2 Å². The predicted molar refractivity (Wildman–Crippen MR) is 76.5 cm³/mol. The first-order valence-corrected chi connectivity index (χ1v) is 6.56. The highest BCUT2D eigenvalue weighted by molar-refractivity contribution is 5.77. The van der Waals surface area contributed by atoms with Crippen molar-refractivity contribution in [2.24, 2.45) is 0 Å². The largest absolute Gasteiger partial charge is 0.423 e. The van der Waals surface area contributed by atoms with Crippen molar-refractivity contribution in [2.75, 3.05) is 38.8 Å². The second-order valence-corrected chi connectivity index (χ2v) is 4.31. The Balaban J connectivity index is 1.81. The summed E-state index contributed by atoms with van der Waals surface area (Å²) in [6, 6.07) is 4.68. The fourth-order valence-corrected chi connectivity index (χ4v) is 1.72. The average molecular weight is 295 g/mol. The number of ether oxygens (including phenoxy) is 2. The summed E-state index contributed by atoms with van der Waals surface area (Å²) in [5.74, 6) is 0. The van der Waals surface area contributed by atoms with Crippen LogP contribution in [-0.4, -0.2) is 43.4 Å². The Hall–Kier alpha value is -2.19. The molecule has 0 spiro atoms. The maximum Gasteiger partial charge on any atom is 0.295 e. The van der Waals surface area contributed by atoms with Crippen LogP contribution in [0.5, 0.6) is 0 Å². The topological polar surface area (TPSA) is 99.7 Å². The van der Waals surface area contributed by atoms with E-state index in [1.54, 1.807) is 13.2 Å². The summed E-state index contributed by atoms with van der Waals surface area (Å²) in [5, 5.41) is 13.7. The Morgan fingerprint density at radius 2 is 2.24 bits per heavy atom. The number of hydrogen-bond acceptors (Lipinski definition) is 7. The van der Waals surface area contributed by atoms with Crippen molar-refractivity contribution in [1.82, 2.24) is 4.98 Å². The monoisotopic (exact) mass is 295 g/mol. The highest BCUT2D eigenvalue weighted by atomic mass is 16.6. The molecule has 8 heteroatoms. The van der Waals surface area contributed by atoms with E-state index in [0.29, 0.717) is 43.5 Å². The zero-order chi connectivity index (χ0) is 15.1. The first-order chi connectivity index (χ1) is 10.2. The number of rotatable bonds is 9. The van der Waals surface area contributed by atoms with Gasteiger partial charge in [0.25, 0.3) is 11.7 Å². The fraction of sp³-hybridized carbons (Fsp3) is 0.462. The van der Waals surface area contributed by atoms with Crippen molar-refractivity contribution in [3.8, 4) is 0 Å². The number of hydrogen-bond donors (Lipinski definition) is 1. The molecular weight excluding hydrogens is 278 g/mol. The van der Waals surface area contributed by atoms with Crippen LogP contribution in [0.25, 0.3) is 11.1 Å². The molecule has 1 aromatic carbocycles. The second-order valence-electron chi connectivity index (χ2n) is 4.31. The molecule has 0 aliphatic rings. The van der Waals surface area contributed by atoms with Gasteiger partial charge in [0, 0.05) is 26.3 Å². The van der Waals surface area contributed by atoms with Crippen LogP contribution in [0, 0.1) is 10.1 Å². The molecule has 0 fully saturated rings. The zero-order valence-electron chi connectivity index (χ0n) is 11.7. The molecule has 1 N–H and O–H groups in total. The van der Waals surface area contributed by atoms with E-state index in [0.717, 1.165) is 6.42 Å². The van der Waals surface area contributed by atoms with E-state index in [1.807, 2.05) is 0 Å². The third-order valence-electron chi connectivity index (χ3n) is 2.76. The summed E-state index contributed by atoms with van der Waals surface area (Å²) in [6.45, 7) is 2.41. The summed E-state index contributed by atoms with van der Waals surface area (Å²) in [6.07, 6.45) is 0.794. The van der Waals surface area contributed by atoms with Gasteiger partial charge in [-0.1, -0.05) is 0 Å². The molecule has 2 rings (SSSR count). The lowest BCUT2D eigenvalue weighted by atomic mass is 10.3. The Morgan fingerprint density at radius 1 is 1.38 bits per heavy atom. The summed E-state index contributed by atoms with van der Waals surface area (Å²) < 4.78 is 15.6. The summed E-state index contributed by atoms with van der Waals surface area (Å²) in [4.78, 5) is 14.4. The summed E-state index contributed by atoms with van der Waals surface area (Å²) >= 11 is 0. The molecule has 0 aliphatic carbocycles. The number of methoxy groups -OCH3 is 1. The van der Waals surface area contributed by atoms with Gasteiger partial charge in [-0.3, -0.25) is 10.1 Å². The SMILES string of the molecule is COCCOCCCNc1nc2ccc([N+](=O)[O-])cc2o1. The first kappa shape index (κ1) is 15.2. The van der Waals surface area contributed by atoms with Crippen molar-refractivity contribution in [3.63, 3.8) is 0 Å². The van der Waals surface area contributed by atoms with Crippen molar-refractivity contribution in [1.29, 1.82) is 0 Å². The first-order valence-electron chi connectivity index (χ1n) is 6.56. The maximum absolute atomic E-state index is 10.7. The molecule has 0 aliphatic heterocycles. The van der Waals surface area contributed by atoms with E-state index in [9.17, 15) is 10.1 Å². The highest BCUT2D eigenvalue weighted by Crippen LogP contribution is 2.23. The Labute approximate surface area is 121 Å². The van der Waals surface area contributed by atoms with E-state index >= 15 is 0 Å². The number of oxazole rings is 1. The van der Waals surface area contributed by atoms with E-state index in [-0.39, 0.29) is 5.69 Å². The van der Waals surface area contributed by atoms with Gasteiger partial charge in [0.2, 0.25) is 0 Å². The Kier molecular flexibility index (Phi) is 5.47. The molecule has 0 unspecified atom stereocenters. The van der Waals surface area contributed by atoms with Crippen LogP contribution in [-0.2, 0) is 9.47 Å². The molecule has 0 atom stereocenters. The lowest BCUT2D eigenvalue weighted by Gasteiger charge is -2.03. The number of non-ortho nitro benzene ring substituents is 1. The van der Waals surface area contributed by atoms with Crippen LogP contribution in [0.2, 0.25) is 0 Å². The number of benzene rings is 1. The Morgan fingerprint density at radius 3 is 3.00 bits per heavy atom. The molecule has 114 valence electrons. The highest BCUT2D eigenvalue weighted by Gasteiger charge is 2.11. The second kappa shape index (κ2) is 7.55.